The molecule has 0 bridgehead atoms. The molecule has 16 aromatic carbocycles. The first-order valence-electron chi connectivity index (χ1n) is 47.6. The molecule has 19 aromatic rings. The predicted molar refractivity (Wildman–Crippen MR) is 599 cm³/mol. The second-order valence-electron chi connectivity index (χ2n) is 35.0. The number of methoxy groups -OCH3 is 1. The zero-order valence-corrected chi connectivity index (χ0v) is 84.7. The van der Waals surface area contributed by atoms with Crippen LogP contribution < -0.4 is 0 Å². The predicted octanol–water partition coefficient (Wildman–Crippen LogP) is 31.4. The van der Waals surface area contributed by atoms with Crippen LogP contribution in [0.25, 0.3) is 70.9 Å². The van der Waals surface area contributed by atoms with Gasteiger partial charge in [-0.05, 0) is 237 Å². The Morgan fingerprint density at radius 2 is 1.01 bits per heavy atom. The number of piperidine rings is 1. The Morgan fingerprint density at radius 1 is 0.479 bits per heavy atom. The van der Waals surface area contributed by atoms with Crippen molar-refractivity contribution in [3.63, 3.8) is 0 Å². The number of pyridine rings is 1. The lowest BCUT2D eigenvalue weighted by molar-refractivity contribution is 0.188. The summed E-state index contributed by atoms with van der Waals surface area (Å²) in [4.78, 5) is 24.4. The van der Waals surface area contributed by atoms with Crippen molar-refractivity contribution in [2.24, 2.45) is 15.0 Å². The lowest BCUT2D eigenvalue weighted by Gasteiger charge is -2.35. The fourth-order valence-corrected chi connectivity index (χ4v) is 21.5. The zero-order valence-electron chi connectivity index (χ0n) is 80.7. The SMILES string of the molecule is CC(=NCCCN(C)C)c1ccccc1O.COCCN=C(C)c1ccccc1O.Cc1cc(-c2cccc3ccccc23)c(O)c(C(SCc2ccccc2)c2ccccc2)c1.Cc1cc(C(Sc2ccccc2)c2ccccc2)c(O)c(-n2c3ccccc3c3ccccc32)c1.Oc1c(Cl)cc(Cl)cc1C=Nc1cc2ccccc2cn1.Oc1ccc2ccccc2c1C(c1cccs1)N1CCCCC1. The molecule has 1 fully saturated rings. The van der Waals surface area contributed by atoms with E-state index in [1.807, 2.05) is 123 Å². The number of thiophene rings is 1. The molecule has 0 aliphatic carbocycles. The van der Waals surface area contributed by atoms with Crippen LogP contribution in [0, 0.1) is 13.8 Å². The number of benzene rings is 16. The minimum Gasteiger partial charge on any atom is -0.508 e. The van der Waals surface area contributed by atoms with Gasteiger partial charge in [0, 0.05) is 113 Å². The standard InChI is InChI=1S/C32H25NOS.C31H26OS.C20H21NOS.C16H10Cl2N2O.C13H20N2O.C11H15NO2/c1-22-20-27(32(23-12-4-2-5-13-23)35-24-14-6-3-7-15-24)31(34)30(21-22)33-28-18-10-8-16-25(28)26-17-9-11-19-29(26)33;1-22-19-28(27-18-10-16-24-13-8-9-17-26(24)27)30(32)29(20-22)31(25-14-6-3-7-15-25)33-21-23-11-4-2-5-12-23;22-17-11-10-15-7-2-3-8-16(15)19(17)20(18-9-6-14-23-18)21-12-4-1-5-13-21;17-13-5-12(16(21)14(18)7-13)9-20-15-6-10-3-1-2-4-11(10)8-19-15;1-11(14-9-6-10-15(2)3)12-7-4-5-8-13(12)16;1-9(12-7-8-14-2)10-5-3-4-6-11(10)13/h2-21,32,34H,1H3;2-20,31-32H,21H2,1H3;2-3,6-11,14,20,22H,1,4-5,12-13H2;1-9,21H;4-5,7-8,16H,6,9-10H2,1-3H3;3-6,13H,7-8H2,1-2H3. The van der Waals surface area contributed by atoms with Crippen LogP contribution >= 0.6 is 58.1 Å². The number of hydrogen-bond acceptors (Lipinski definition) is 16. The van der Waals surface area contributed by atoms with E-state index in [4.69, 9.17) is 27.9 Å². The van der Waals surface area contributed by atoms with E-state index in [0.29, 0.717) is 52.6 Å². The van der Waals surface area contributed by atoms with E-state index in [9.17, 15) is 30.6 Å². The molecule has 0 spiro atoms. The van der Waals surface area contributed by atoms with Gasteiger partial charge in [0.15, 0.2) is 5.82 Å². The van der Waals surface area contributed by atoms with Crippen molar-refractivity contribution in [3.05, 3.63) is 464 Å². The van der Waals surface area contributed by atoms with Crippen LogP contribution in [0.4, 0.5) is 5.82 Å². The second kappa shape index (κ2) is 50.9. The number of phenolic OH excluding ortho intramolecular Hbond substituents is 6. The summed E-state index contributed by atoms with van der Waals surface area (Å²) < 4.78 is 7.09. The maximum atomic E-state index is 11.9. The van der Waals surface area contributed by atoms with E-state index in [0.717, 1.165) is 144 Å². The molecule has 1 aliphatic heterocycles. The van der Waals surface area contributed by atoms with Crippen molar-refractivity contribution in [2.45, 2.75) is 80.6 Å². The quantitative estimate of drug-likeness (QED) is 0.0181. The van der Waals surface area contributed by atoms with Crippen molar-refractivity contribution in [3.8, 4) is 51.3 Å². The maximum absolute atomic E-state index is 11.9. The van der Waals surface area contributed by atoms with Crippen LogP contribution in [-0.2, 0) is 10.5 Å². The highest BCUT2D eigenvalue weighted by Crippen LogP contribution is 2.50. The van der Waals surface area contributed by atoms with Gasteiger partial charge in [0.25, 0.3) is 0 Å². The third-order valence-corrected chi connectivity index (χ3v) is 28.7. The molecule has 0 radical (unpaired) electrons. The Balaban J connectivity index is 0.000000132. The van der Waals surface area contributed by atoms with Crippen molar-refractivity contribution < 1.29 is 35.4 Å². The number of para-hydroxylation sites is 4. The number of ether oxygens (including phenoxy) is 1. The Kier molecular flexibility index (Phi) is 36.6. The van der Waals surface area contributed by atoms with E-state index in [1.54, 1.807) is 60.7 Å². The van der Waals surface area contributed by atoms with Gasteiger partial charge in [0.2, 0.25) is 0 Å². The smallest absolute Gasteiger partial charge is 0.152 e. The number of aromatic hydroxyl groups is 6. The van der Waals surface area contributed by atoms with Crippen LogP contribution in [0.15, 0.2) is 408 Å². The highest BCUT2D eigenvalue weighted by atomic mass is 35.5. The second-order valence-corrected chi connectivity index (χ2v) is 39.1. The van der Waals surface area contributed by atoms with Gasteiger partial charge in [0.1, 0.15) is 34.5 Å². The maximum Gasteiger partial charge on any atom is 0.152 e. The van der Waals surface area contributed by atoms with E-state index >= 15 is 0 Å². The molecule has 0 amide bonds. The molecule has 0 saturated carbocycles. The topological polar surface area (TPSA) is 192 Å². The van der Waals surface area contributed by atoms with E-state index < -0.39 is 0 Å². The number of aromatic nitrogens is 2. The van der Waals surface area contributed by atoms with Crippen LogP contribution in [-0.4, -0.2) is 128 Å². The molecule has 3 aromatic heterocycles. The normalized spacial score (nSPS) is 12.8. The molecule has 6 N–H and O–H groups in total. The number of phenols is 6. The van der Waals surface area contributed by atoms with Gasteiger partial charge in [-0.2, -0.15) is 0 Å². The molecule has 3 unspecified atom stereocenters. The van der Waals surface area contributed by atoms with E-state index in [1.165, 1.54) is 74.0 Å². The summed E-state index contributed by atoms with van der Waals surface area (Å²) >= 11 is 17.2. The molecule has 718 valence electrons. The molecule has 14 nitrogen and oxygen atoms in total. The summed E-state index contributed by atoms with van der Waals surface area (Å²) in [6.45, 7) is 13.3. The molecule has 20 rings (SSSR count). The summed E-state index contributed by atoms with van der Waals surface area (Å²) in [5.41, 5.74) is 17.6. The molecular formula is C123H117Cl2N7O7S3. The van der Waals surface area contributed by atoms with E-state index in [2.05, 4.69) is 316 Å². The summed E-state index contributed by atoms with van der Waals surface area (Å²) in [5.74, 6) is 3.04. The minimum absolute atomic E-state index is 0.0278. The third kappa shape index (κ3) is 26.6. The average Bonchev–Trinajstić information content (AvgIpc) is 1.58. The van der Waals surface area contributed by atoms with Crippen LogP contribution in [0.1, 0.15) is 122 Å². The largest absolute Gasteiger partial charge is 0.508 e. The number of hydrogen-bond donors (Lipinski definition) is 6. The fourth-order valence-electron chi connectivity index (χ4n) is 17.7. The van der Waals surface area contributed by atoms with Crippen molar-refractivity contribution in [1.82, 2.24) is 19.4 Å². The number of aryl methyl sites for hydroxylation is 2. The Bertz CT molecular complexity index is 7430. The number of aliphatic imine (C=N–C) groups is 3. The van der Waals surface area contributed by atoms with Gasteiger partial charge >= 0.3 is 0 Å². The van der Waals surface area contributed by atoms with Gasteiger partial charge < -0.3 is 44.8 Å². The zero-order chi connectivity index (χ0) is 99.2. The molecule has 1 aliphatic rings. The van der Waals surface area contributed by atoms with Crippen LogP contribution in [0.2, 0.25) is 10.0 Å². The van der Waals surface area contributed by atoms with Gasteiger partial charge in [-0.1, -0.05) is 315 Å². The lowest BCUT2D eigenvalue weighted by Crippen LogP contribution is -2.34. The number of fused-ring (bicyclic) bond motifs is 6. The molecule has 4 heterocycles. The number of nitrogens with zero attached hydrogens (tertiary/aromatic N) is 7. The van der Waals surface area contributed by atoms with Crippen LogP contribution in [0.5, 0.6) is 34.5 Å². The molecule has 142 heavy (non-hydrogen) atoms. The third-order valence-electron chi connectivity index (χ3n) is 24.6. The van der Waals surface area contributed by atoms with Gasteiger partial charge in [-0.25, -0.2) is 9.98 Å². The molecule has 3 atom stereocenters. The van der Waals surface area contributed by atoms with E-state index in [-0.39, 0.29) is 33.1 Å². The van der Waals surface area contributed by atoms with Crippen molar-refractivity contribution >= 4 is 136 Å². The molecule has 1 saturated heterocycles. The Morgan fingerprint density at radius 3 is 1.62 bits per heavy atom. The number of thioether (sulfide) groups is 2. The number of likely N-dealkylation sites (tertiary alicyclic amines) is 1. The monoisotopic (exact) mass is 1970 g/mol. The Hall–Kier alpha value is -14.1. The molecule has 19 heteroatoms. The highest BCUT2D eigenvalue weighted by molar-refractivity contribution is 7.99. The number of halogens is 2. The number of rotatable bonds is 25. The first-order chi connectivity index (χ1) is 69.2. The van der Waals surface area contributed by atoms with Gasteiger partial charge in [-0.15, -0.1) is 34.9 Å². The Labute approximate surface area is 855 Å². The van der Waals surface area contributed by atoms with Crippen molar-refractivity contribution in [2.75, 3.05) is 60.5 Å². The fraction of sp³-hybridized carbons (Fsp3) is 0.171. The average molecular weight is 1970 g/mol. The minimum atomic E-state index is -0.0506. The van der Waals surface area contributed by atoms with Gasteiger partial charge in [0.05, 0.1) is 51.4 Å². The first-order valence-corrected chi connectivity index (χ1v) is 51.2. The summed E-state index contributed by atoms with van der Waals surface area (Å²) in [7, 11) is 5.75. The first kappa shape index (κ1) is 102. The van der Waals surface area contributed by atoms with Gasteiger partial charge in [-0.3, -0.25) is 14.9 Å². The lowest BCUT2D eigenvalue weighted by atomic mass is 9.92. The summed E-state index contributed by atoms with van der Waals surface area (Å²) in [5, 5.41) is 75.1. The summed E-state index contributed by atoms with van der Waals surface area (Å²) in [6.07, 6.45) is 8.09. The highest BCUT2D eigenvalue weighted by Gasteiger charge is 2.30. The van der Waals surface area contributed by atoms with Crippen molar-refractivity contribution in [1.29, 1.82) is 0 Å². The van der Waals surface area contributed by atoms with Crippen LogP contribution in [0.3, 0.4) is 0 Å². The summed E-state index contributed by atoms with van der Waals surface area (Å²) in [6, 6.07) is 126. The molecular weight excluding hydrogens is 1850 g/mol.